The van der Waals surface area contributed by atoms with Crippen molar-refractivity contribution in [3.05, 3.63) is 57.9 Å². The highest BCUT2D eigenvalue weighted by molar-refractivity contribution is 5.95. The summed E-state index contributed by atoms with van der Waals surface area (Å²) in [5, 5.41) is 0. The van der Waals surface area contributed by atoms with Crippen LogP contribution in [0.15, 0.2) is 39.9 Å². The lowest BCUT2D eigenvalue weighted by Crippen LogP contribution is -2.38. The maximum atomic E-state index is 13.2. The van der Waals surface area contributed by atoms with Crippen LogP contribution in [0.5, 0.6) is 0 Å². The summed E-state index contributed by atoms with van der Waals surface area (Å²) in [6.45, 7) is 6.09. The molecule has 3 heterocycles. The Kier molecular flexibility index (Phi) is 6.50. The number of amides is 1. The molecule has 6 nitrogen and oxygen atoms in total. The van der Waals surface area contributed by atoms with Gasteiger partial charge in [0.1, 0.15) is 11.3 Å². The van der Waals surface area contributed by atoms with Crippen LogP contribution in [0.4, 0.5) is 0 Å². The van der Waals surface area contributed by atoms with Crippen molar-refractivity contribution in [1.29, 1.82) is 0 Å². The SMILES string of the molecule is CCCCN(Cc1ccco1)C(=O)c1c(C)ccn(CC2CCCO2)c1=O. The van der Waals surface area contributed by atoms with Crippen LogP contribution in [0, 0.1) is 6.92 Å². The minimum absolute atomic E-state index is 0.0488. The zero-order chi connectivity index (χ0) is 19.2. The third-order valence-corrected chi connectivity index (χ3v) is 5.01. The number of carbonyl (C=O) groups is 1. The third kappa shape index (κ3) is 4.69. The van der Waals surface area contributed by atoms with Crippen LogP contribution in [0.2, 0.25) is 0 Å². The van der Waals surface area contributed by atoms with Gasteiger partial charge >= 0.3 is 0 Å². The molecule has 1 unspecified atom stereocenters. The van der Waals surface area contributed by atoms with E-state index in [0.717, 1.165) is 32.3 Å². The van der Waals surface area contributed by atoms with E-state index >= 15 is 0 Å². The summed E-state index contributed by atoms with van der Waals surface area (Å²) in [5.74, 6) is 0.483. The van der Waals surface area contributed by atoms with Crippen molar-refractivity contribution in [2.24, 2.45) is 0 Å². The lowest BCUT2D eigenvalue weighted by atomic mass is 10.1. The molecule has 0 N–H and O–H groups in total. The van der Waals surface area contributed by atoms with Crippen molar-refractivity contribution < 1.29 is 13.9 Å². The van der Waals surface area contributed by atoms with Crippen LogP contribution in [0.25, 0.3) is 0 Å². The van der Waals surface area contributed by atoms with Crippen LogP contribution < -0.4 is 5.56 Å². The predicted octanol–water partition coefficient (Wildman–Crippen LogP) is 3.37. The average molecular weight is 372 g/mol. The first-order chi connectivity index (χ1) is 13.1. The molecule has 1 saturated heterocycles. The van der Waals surface area contributed by atoms with Gasteiger partial charge in [0, 0.05) is 19.3 Å². The van der Waals surface area contributed by atoms with Crippen LogP contribution in [-0.4, -0.2) is 34.6 Å². The summed E-state index contributed by atoms with van der Waals surface area (Å²) in [6.07, 6.45) is 7.23. The van der Waals surface area contributed by atoms with Crippen molar-refractivity contribution in [1.82, 2.24) is 9.47 Å². The second-order valence-corrected chi connectivity index (χ2v) is 7.13. The lowest BCUT2D eigenvalue weighted by Gasteiger charge is -2.23. The van der Waals surface area contributed by atoms with Crippen LogP contribution in [0.1, 0.15) is 54.3 Å². The van der Waals surface area contributed by atoms with Crippen molar-refractivity contribution in [3.8, 4) is 0 Å². The van der Waals surface area contributed by atoms with Crippen LogP contribution >= 0.6 is 0 Å². The van der Waals surface area contributed by atoms with E-state index < -0.39 is 0 Å². The van der Waals surface area contributed by atoms with E-state index in [1.165, 1.54) is 0 Å². The van der Waals surface area contributed by atoms with Gasteiger partial charge in [0.25, 0.3) is 11.5 Å². The third-order valence-electron chi connectivity index (χ3n) is 5.01. The van der Waals surface area contributed by atoms with E-state index in [1.807, 2.05) is 19.1 Å². The van der Waals surface area contributed by atoms with E-state index in [1.54, 1.807) is 28.0 Å². The first-order valence-corrected chi connectivity index (χ1v) is 9.73. The van der Waals surface area contributed by atoms with E-state index in [-0.39, 0.29) is 23.1 Å². The molecule has 1 aliphatic rings. The summed E-state index contributed by atoms with van der Waals surface area (Å²) in [5.41, 5.74) is 0.712. The molecule has 2 aromatic rings. The largest absolute Gasteiger partial charge is 0.467 e. The summed E-state index contributed by atoms with van der Waals surface area (Å²) < 4.78 is 12.7. The molecule has 146 valence electrons. The maximum Gasteiger partial charge on any atom is 0.263 e. The number of hydrogen-bond acceptors (Lipinski definition) is 4. The Labute approximate surface area is 159 Å². The van der Waals surface area contributed by atoms with Crippen molar-refractivity contribution >= 4 is 5.91 Å². The van der Waals surface area contributed by atoms with Crippen molar-refractivity contribution in [2.45, 2.75) is 58.7 Å². The molecule has 0 aliphatic carbocycles. The molecule has 1 amide bonds. The highest BCUT2D eigenvalue weighted by atomic mass is 16.5. The number of pyridine rings is 1. The maximum absolute atomic E-state index is 13.2. The zero-order valence-corrected chi connectivity index (χ0v) is 16.1. The summed E-state index contributed by atoms with van der Waals surface area (Å²) in [7, 11) is 0. The number of ether oxygens (including phenoxy) is 1. The lowest BCUT2D eigenvalue weighted by molar-refractivity contribution is 0.0722. The number of carbonyl (C=O) groups excluding carboxylic acids is 1. The van der Waals surface area contributed by atoms with Gasteiger partial charge < -0.3 is 18.6 Å². The van der Waals surface area contributed by atoms with Gasteiger partial charge in [0.05, 0.1) is 25.5 Å². The van der Waals surface area contributed by atoms with Gasteiger partial charge in [0.15, 0.2) is 0 Å². The second kappa shape index (κ2) is 9.04. The Hall–Kier alpha value is -2.34. The monoisotopic (exact) mass is 372 g/mol. The first-order valence-electron chi connectivity index (χ1n) is 9.73. The summed E-state index contributed by atoms with van der Waals surface area (Å²) in [6, 6.07) is 5.49. The van der Waals surface area contributed by atoms with Gasteiger partial charge in [-0.1, -0.05) is 13.3 Å². The molecule has 0 bridgehead atoms. The molecule has 2 aromatic heterocycles. The van der Waals surface area contributed by atoms with E-state index in [9.17, 15) is 9.59 Å². The molecule has 3 rings (SSSR count). The molecule has 6 heteroatoms. The number of aromatic nitrogens is 1. The standard InChI is InChI=1S/C21H28N2O4/c1-3-4-10-22(14-17-7-5-12-26-17)20(24)19-16(2)9-11-23(21(19)25)15-18-8-6-13-27-18/h5,7,9,11-12,18H,3-4,6,8,10,13-15H2,1-2H3. The van der Waals surface area contributed by atoms with Gasteiger partial charge in [-0.15, -0.1) is 0 Å². The van der Waals surface area contributed by atoms with E-state index in [2.05, 4.69) is 6.92 Å². The van der Waals surface area contributed by atoms with Gasteiger partial charge in [-0.05, 0) is 49.9 Å². The molecule has 0 spiro atoms. The van der Waals surface area contributed by atoms with E-state index in [0.29, 0.717) is 31.0 Å². The summed E-state index contributed by atoms with van der Waals surface area (Å²) in [4.78, 5) is 28.0. The normalized spacial score (nSPS) is 16.6. The summed E-state index contributed by atoms with van der Waals surface area (Å²) >= 11 is 0. The van der Waals surface area contributed by atoms with Crippen LogP contribution in [-0.2, 0) is 17.8 Å². The Balaban J connectivity index is 1.86. The molecular formula is C21H28N2O4. The minimum Gasteiger partial charge on any atom is -0.467 e. The number of nitrogens with zero attached hydrogens (tertiary/aromatic N) is 2. The Morgan fingerprint density at radius 3 is 2.89 bits per heavy atom. The van der Waals surface area contributed by atoms with Crippen molar-refractivity contribution in [2.75, 3.05) is 13.2 Å². The quantitative estimate of drug-likeness (QED) is 0.713. The number of rotatable bonds is 8. The predicted molar refractivity (Wildman–Crippen MR) is 103 cm³/mol. The van der Waals surface area contributed by atoms with E-state index in [4.69, 9.17) is 9.15 Å². The molecule has 0 aromatic carbocycles. The number of aryl methyl sites for hydroxylation is 1. The molecule has 0 radical (unpaired) electrons. The number of unbranched alkanes of at least 4 members (excludes halogenated alkanes) is 1. The Morgan fingerprint density at radius 2 is 2.22 bits per heavy atom. The Bertz CT molecular complexity index is 804. The van der Waals surface area contributed by atoms with Crippen LogP contribution in [0.3, 0.4) is 0 Å². The molecule has 1 atom stereocenters. The second-order valence-electron chi connectivity index (χ2n) is 7.13. The highest BCUT2D eigenvalue weighted by Gasteiger charge is 2.24. The fourth-order valence-electron chi connectivity index (χ4n) is 3.43. The van der Waals surface area contributed by atoms with Gasteiger partial charge in [-0.25, -0.2) is 0 Å². The van der Waals surface area contributed by atoms with Gasteiger partial charge in [-0.2, -0.15) is 0 Å². The topological polar surface area (TPSA) is 64.7 Å². The average Bonchev–Trinajstić information content (AvgIpc) is 3.35. The fraction of sp³-hybridized carbons (Fsp3) is 0.524. The molecule has 0 saturated carbocycles. The van der Waals surface area contributed by atoms with Gasteiger partial charge in [0.2, 0.25) is 0 Å². The fourth-order valence-corrected chi connectivity index (χ4v) is 3.43. The molecular weight excluding hydrogens is 344 g/mol. The molecule has 1 fully saturated rings. The number of furan rings is 1. The zero-order valence-electron chi connectivity index (χ0n) is 16.1. The first kappa shape index (κ1) is 19.4. The van der Waals surface area contributed by atoms with Crippen molar-refractivity contribution in [3.63, 3.8) is 0 Å². The highest BCUT2D eigenvalue weighted by Crippen LogP contribution is 2.15. The molecule has 27 heavy (non-hydrogen) atoms. The Morgan fingerprint density at radius 1 is 1.37 bits per heavy atom. The minimum atomic E-state index is -0.239. The van der Waals surface area contributed by atoms with Gasteiger partial charge in [-0.3, -0.25) is 9.59 Å². The smallest absolute Gasteiger partial charge is 0.263 e. The number of hydrogen-bond donors (Lipinski definition) is 0. The molecule has 1 aliphatic heterocycles.